The third-order valence-corrected chi connectivity index (χ3v) is 6.24. The number of hydrogen-bond acceptors (Lipinski definition) is 5. The van der Waals surface area contributed by atoms with Gasteiger partial charge in [0.25, 0.3) is 11.1 Å². The Bertz CT molecular complexity index is 1600. The van der Waals surface area contributed by atoms with Crippen LogP contribution in [0.2, 0.25) is 5.02 Å². The summed E-state index contributed by atoms with van der Waals surface area (Å²) < 4.78 is 36.1. The van der Waals surface area contributed by atoms with Crippen LogP contribution in [0.25, 0.3) is 11.5 Å². The minimum atomic E-state index is -1.36. The molecule has 4 aromatic rings. The first-order chi connectivity index (χ1) is 17.4. The molecule has 0 bridgehead atoms. The summed E-state index contributed by atoms with van der Waals surface area (Å²) in [6, 6.07) is 9.67. The Labute approximate surface area is 216 Å². The maximum absolute atomic E-state index is 14.0. The van der Waals surface area contributed by atoms with Crippen LogP contribution in [0.5, 0.6) is 5.75 Å². The molecular formula is C27H24ClF2N3O4. The van der Waals surface area contributed by atoms with Crippen LogP contribution in [-0.2, 0) is 12.2 Å². The average molecular weight is 528 g/mol. The molecule has 1 aromatic carbocycles. The minimum absolute atomic E-state index is 0.0240. The van der Waals surface area contributed by atoms with Crippen molar-refractivity contribution in [3.63, 3.8) is 0 Å². The van der Waals surface area contributed by atoms with Crippen LogP contribution in [0.4, 0.5) is 8.78 Å². The number of rotatable bonds is 6. The van der Waals surface area contributed by atoms with E-state index in [1.165, 1.54) is 53.6 Å². The molecule has 7 nitrogen and oxygen atoms in total. The molecule has 37 heavy (non-hydrogen) atoms. The van der Waals surface area contributed by atoms with Gasteiger partial charge in [0, 0.05) is 35.8 Å². The molecule has 0 atom stereocenters. The number of aryl methyl sites for hydroxylation is 2. The van der Waals surface area contributed by atoms with Gasteiger partial charge in [0.2, 0.25) is 0 Å². The van der Waals surface area contributed by atoms with Gasteiger partial charge in [-0.1, -0.05) is 17.7 Å². The normalized spacial score (nSPS) is 11.6. The second-order valence-corrected chi connectivity index (χ2v) is 9.46. The fourth-order valence-electron chi connectivity index (χ4n) is 3.92. The van der Waals surface area contributed by atoms with E-state index in [0.717, 1.165) is 12.1 Å². The predicted molar refractivity (Wildman–Crippen MR) is 136 cm³/mol. The third kappa shape index (κ3) is 5.05. The Hall–Kier alpha value is -3.82. The maximum atomic E-state index is 14.0. The second kappa shape index (κ2) is 9.91. The number of aromatic nitrogens is 3. The number of pyridine rings is 3. The molecule has 0 spiro atoms. The largest absolute Gasteiger partial charge is 0.487 e. The molecular weight excluding hydrogens is 504 g/mol. The van der Waals surface area contributed by atoms with Crippen LogP contribution in [0.15, 0.2) is 64.4 Å². The van der Waals surface area contributed by atoms with Gasteiger partial charge in [-0.05, 0) is 57.5 Å². The third-order valence-electron chi connectivity index (χ3n) is 5.89. The van der Waals surface area contributed by atoms with Crippen molar-refractivity contribution in [2.45, 2.75) is 39.9 Å². The fraction of sp³-hybridized carbons (Fsp3) is 0.222. The van der Waals surface area contributed by atoms with E-state index in [1.54, 1.807) is 26.0 Å². The zero-order chi connectivity index (χ0) is 27.1. The topological polar surface area (TPSA) is 86.3 Å². The maximum Gasteiger partial charge on any atom is 0.277 e. The van der Waals surface area contributed by atoms with Gasteiger partial charge in [0.05, 0.1) is 16.9 Å². The van der Waals surface area contributed by atoms with Crippen LogP contribution < -0.4 is 15.9 Å². The Morgan fingerprint density at radius 1 is 1.05 bits per heavy atom. The highest BCUT2D eigenvalue weighted by Crippen LogP contribution is 2.27. The lowest BCUT2D eigenvalue weighted by Crippen LogP contribution is -2.31. The number of benzene rings is 1. The summed E-state index contributed by atoms with van der Waals surface area (Å²) in [6.45, 7) is 5.95. The Kier molecular flexibility index (Phi) is 7.03. The van der Waals surface area contributed by atoms with Gasteiger partial charge in [-0.3, -0.25) is 18.7 Å². The van der Waals surface area contributed by atoms with Gasteiger partial charge in [-0.15, -0.1) is 0 Å². The molecule has 1 N–H and O–H groups in total. The molecule has 10 heteroatoms. The molecule has 3 aromatic heterocycles. The van der Waals surface area contributed by atoms with Crippen molar-refractivity contribution in [3.05, 3.63) is 115 Å². The molecule has 0 saturated carbocycles. The summed E-state index contributed by atoms with van der Waals surface area (Å²) in [7, 11) is 0. The van der Waals surface area contributed by atoms with Crippen molar-refractivity contribution in [2.75, 3.05) is 0 Å². The number of nitrogens with zero attached hydrogens (tertiary/aromatic N) is 3. The monoisotopic (exact) mass is 527 g/mol. The Morgan fingerprint density at radius 2 is 1.73 bits per heavy atom. The van der Waals surface area contributed by atoms with E-state index in [9.17, 15) is 23.5 Å². The first-order valence-corrected chi connectivity index (χ1v) is 11.7. The molecule has 0 radical (unpaired) electrons. The first-order valence-electron chi connectivity index (χ1n) is 11.3. The summed E-state index contributed by atoms with van der Waals surface area (Å²) in [5.74, 6) is -1.34. The van der Waals surface area contributed by atoms with Crippen molar-refractivity contribution in [3.8, 4) is 17.3 Å². The molecule has 0 fully saturated rings. The molecule has 3 heterocycles. The van der Waals surface area contributed by atoms with Crippen molar-refractivity contribution in [1.82, 2.24) is 14.1 Å². The molecule has 0 saturated heterocycles. The zero-order valence-corrected chi connectivity index (χ0v) is 21.3. The summed E-state index contributed by atoms with van der Waals surface area (Å²) in [6.07, 6.45) is 3.03. The molecule has 0 aliphatic carbocycles. The highest BCUT2D eigenvalue weighted by Gasteiger charge is 2.22. The molecule has 0 aliphatic heterocycles. The van der Waals surface area contributed by atoms with Gasteiger partial charge in [0.15, 0.2) is 0 Å². The molecule has 0 aliphatic rings. The lowest BCUT2D eigenvalue weighted by molar-refractivity contribution is 0.0767. The molecule has 0 unspecified atom stereocenters. The van der Waals surface area contributed by atoms with Crippen molar-refractivity contribution in [2.24, 2.45) is 0 Å². The summed E-state index contributed by atoms with van der Waals surface area (Å²) in [5.41, 5.74) is -1.07. The van der Waals surface area contributed by atoms with Crippen LogP contribution in [-0.4, -0.2) is 19.2 Å². The first kappa shape index (κ1) is 26.2. The minimum Gasteiger partial charge on any atom is -0.487 e. The van der Waals surface area contributed by atoms with Crippen molar-refractivity contribution >= 4 is 11.6 Å². The van der Waals surface area contributed by atoms with E-state index in [-0.39, 0.29) is 27.7 Å². The number of ether oxygens (including phenoxy) is 1. The average Bonchev–Trinajstić information content (AvgIpc) is 2.82. The van der Waals surface area contributed by atoms with Crippen molar-refractivity contribution in [1.29, 1.82) is 0 Å². The number of aliphatic hydroxyl groups is 1. The van der Waals surface area contributed by atoms with Gasteiger partial charge in [-0.2, -0.15) is 0 Å². The van der Waals surface area contributed by atoms with Crippen LogP contribution in [0, 0.1) is 25.5 Å². The smallest absolute Gasteiger partial charge is 0.277 e. The van der Waals surface area contributed by atoms with Crippen LogP contribution >= 0.6 is 11.6 Å². The zero-order valence-electron chi connectivity index (χ0n) is 20.6. The Balaban J connectivity index is 1.77. The van der Waals surface area contributed by atoms with E-state index < -0.39 is 35.0 Å². The SMILES string of the molecule is Cc1cnc(-n2cccc(C(C)(C)O)c2=O)cc1-n1c(C)cc(OCc2c(F)cccc2F)c(Cl)c1=O. The lowest BCUT2D eigenvalue weighted by Gasteiger charge is -2.19. The number of halogens is 3. The van der Waals surface area contributed by atoms with Crippen LogP contribution in [0.1, 0.15) is 36.2 Å². The molecule has 4 rings (SSSR count). The standard InChI is InChI=1S/C27H24ClF2N3O4/c1-15-13-31-23(32-10-6-7-18(25(32)34)27(3,4)36)12-21(15)33-16(2)11-22(24(28)26(33)35)37-14-17-19(29)8-5-9-20(17)30/h5-13,36H,14H2,1-4H3. The quantitative estimate of drug-likeness (QED) is 0.391. The van der Waals surface area contributed by atoms with Gasteiger partial charge in [-0.25, -0.2) is 13.8 Å². The predicted octanol–water partition coefficient (Wildman–Crippen LogP) is 4.74. The number of hydrogen-bond donors (Lipinski definition) is 1. The van der Waals surface area contributed by atoms with Crippen molar-refractivity contribution < 1.29 is 18.6 Å². The molecule has 192 valence electrons. The van der Waals surface area contributed by atoms with E-state index in [0.29, 0.717) is 16.9 Å². The summed E-state index contributed by atoms with van der Waals surface area (Å²) >= 11 is 6.33. The van der Waals surface area contributed by atoms with Gasteiger partial charge in [0.1, 0.15) is 34.8 Å². The van der Waals surface area contributed by atoms with Gasteiger partial charge < -0.3 is 9.84 Å². The van der Waals surface area contributed by atoms with E-state index in [1.807, 2.05) is 0 Å². The Morgan fingerprint density at radius 3 is 2.38 bits per heavy atom. The highest BCUT2D eigenvalue weighted by molar-refractivity contribution is 6.31. The van der Waals surface area contributed by atoms with E-state index in [2.05, 4.69) is 4.98 Å². The second-order valence-electron chi connectivity index (χ2n) is 9.08. The van der Waals surface area contributed by atoms with E-state index >= 15 is 0 Å². The van der Waals surface area contributed by atoms with Crippen LogP contribution in [0.3, 0.4) is 0 Å². The fourth-order valence-corrected chi connectivity index (χ4v) is 4.11. The molecule has 0 amide bonds. The van der Waals surface area contributed by atoms with Gasteiger partial charge >= 0.3 is 0 Å². The summed E-state index contributed by atoms with van der Waals surface area (Å²) in [4.78, 5) is 30.6. The highest BCUT2D eigenvalue weighted by atomic mass is 35.5. The van der Waals surface area contributed by atoms with E-state index in [4.69, 9.17) is 16.3 Å². The lowest BCUT2D eigenvalue weighted by atomic mass is 10.0. The summed E-state index contributed by atoms with van der Waals surface area (Å²) in [5, 5.41) is 10.1.